The summed E-state index contributed by atoms with van der Waals surface area (Å²) < 4.78 is 11.1. The lowest BCUT2D eigenvalue weighted by Gasteiger charge is -2.51. The monoisotopic (exact) mass is 348 g/mol. The maximum absolute atomic E-state index is 12.1. The Balaban J connectivity index is 2.06. The van der Waals surface area contributed by atoms with Crippen molar-refractivity contribution in [2.45, 2.75) is 72.0 Å². The first-order valence-corrected chi connectivity index (χ1v) is 9.52. The number of ether oxygens (including phenoxy) is 2. The smallest absolute Gasteiger partial charge is 0.306 e. The van der Waals surface area contributed by atoms with Crippen LogP contribution in [0.1, 0.15) is 59.8 Å². The van der Waals surface area contributed by atoms with Gasteiger partial charge in [0, 0.05) is 12.3 Å². The van der Waals surface area contributed by atoms with E-state index in [2.05, 4.69) is 20.8 Å². The van der Waals surface area contributed by atoms with Gasteiger partial charge in [-0.25, -0.2) is 0 Å². The van der Waals surface area contributed by atoms with Crippen molar-refractivity contribution in [3.05, 3.63) is 22.3 Å². The number of hydrogen-bond acceptors (Lipinski definition) is 4. The van der Waals surface area contributed by atoms with E-state index >= 15 is 0 Å². The molecule has 140 valence electrons. The molecule has 4 heteroatoms. The summed E-state index contributed by atoms with van der Waals surface area (Å²) in [6.45, 7) is 9.20. The van der Waals surface area contributed by atoms with E-state index in [1.54, 1.807) is 5.57 Å². The quantitative estimate of drug-likeness (QED) is 0.620. The standard InChI is InChI=1S/C21H32O4/c1-12(2)14-6-7-21(4)10-15(14)16-11-25-18(8-13(3)22)20(16)17(21)9-19(23)24-5/h13,15,17-18,22H,6-11H2,1-5H3/t13-,15+,17+,18+,21+/m0/s1. The largest absolute Gasteiger partial charge is 0.469 e. The Bertz CT molecular complexity index is 611. The molecule has 2 aliphatic carbocycles. The summed E-state index contributed by atoms with van der Waals surface area (Å²) in [5.41, 5.74) is 5.75. The molecule has 1 heterocycles. The van der Waals surface area contributed by atoms with Crippen molar-refractivity contribution >= 4 is 5.97 Å². The molecule has 0 unspecified atom stereocenters. The fraction of sp³-hybridized carbons (Fsp3) is 0.762. The molecular weight excluding hydrogens is 316 g/mol. The summed E-state index contributed by atoms with van der Waals surface area (Å²) in [5.74, 6) is 0.468. The summed E-state index contributed by atoms with van der Waals surface area (Å²) in [7, 11) is 1.46. The van der Waals surface area contributed by atoms with Crippen LogP contribution in [0, 0.1) is 17.3 Å². The van der Waals surface area contributed by atoms with Crippen LogP contribution in [0.3, 0.4) is 0 Å². The molecule has 0 spiro atoms. The number of fused-ring (bicyclic) bond motifs is 3. The molecular formula is C21H32O4. The van der Waals surface area contributed by atoms with Crippen LogP contribution in [-0.4, -0.2) is 37.0 Å². The number of esters is 1. The molecule has 4 nitrogen and oxygen atoms in total. The van der Waals surface area contributed by atoms with Crippen molar-refractivity contribution in [1.82, 2.24) is 0 Å². The third kappa shape index (κ3) is 3.31. The number of aliphatic hydroxyl groups excluding tert-OH is 1. The average molecular weight is 348 g/mol. The Morgan fingerprint density at radius 2 is 2.16 bits per heavy atom. The van der Waals surface area contributed by atoms with E-state index in [1.165, 1.54) is 23.8 Å². The van der Waals surface area contributed by atoms with E-state index in [0.717, 1.165) is 19.3 Å². The third-order valence-corrected chi connectivity index (χ3v) is 6.65. The lowest BCUT2D eigenvalue weighted by atomic mass is 9.53. The van der Waals surface area contributed by atoms with Gasteiger partial charge in [0.2, 0.25) is 0 Å². The Hall–Kier alpha value is -1.13. The molecule has 3 aliphatic rings. The van der Waals surface area contributed by atoms with Crippen LogP contribution >= 0.6 is 0 Å². The fourth-order valence-corrected chi connectivity index (χ4v) is 5.34. The minimum absolute atomic E-state index is 0.0664. The van der Waals surface area contributed by atoms with E-state index in [-0.39, 0.29) is 23.4 Å². The molecule has 0 aromatic rings. The number of hydrogen-bond donors (Lipinski definition) is 1. The molecule has 1 fully saturated rings. The predicted molar refractivity (Wildman–Crippen MR) is 97.0 cm³/mol. The second kappa shape index (κ2) is 6.88. The van der Waals surface area contributed by atoms with Gasteiger partial charge in [0.25, 0.3) is 0 Å². The number of carbonyl (C=O) groups excluding carboxylic acids is 1. The summed E-state index contributed by atoms with van der Waals surface area (Å²) in [6.07, 6.45) is 3.85. The van der Waals surface area contributed by atoms with Crippen LogP contribution in [0.5, 0.6) is 0 Å². The van der Waals surface area contributed by atoms with E-state index < -0.39 is 6.10 Å². The SMILES string of the molecule is COC(=O)C[C@@H]1C2=C(CO[C@@H]2C[C@H](C)O)[C@@H]2C[C@@]1(C)CCC2=C(C)C. The zero-order valence-electron chi connectivity index (χ0n) is 16.2. The van der Waals surface area contributed by atoms with Gasteiger partial charge in [0.1, 0.15) is 0 Å². The minimum Gasteiger partial charge on any atom is -0.469 e. The van der Waals surface area contributed by atoms with Gasteiger partial charge in [0.15, 0.2) is 0 Å². The van der Waals surface area contributed by atoms with Gasteiger partial charge < -0.3 is 14.6 Å². The number of aliphatic hydroxyl groups is 1. The maximum atomic E-state index is 12.1. The van der Waals surface area contributed by atoms with Gasteiger partial charge in [-0.3, -0.25) is 4.79 Å². The Labute approximate surface area is 151 Å². The maximum Gasteiger partial charge on any atom is 0.306 e. The van der Waals surface area contributed by atoms with E-state index in [9.17, 15) is 9.90 Å². The molecule has 5 atom stereocenters. The van der Waals surface area contributed by atoms with E-state index in [0.29, 0.717) is 25.4 Å². The highest BCUT2D eigenvalue weighted by atomic mass is 16.5. The number of methoxy groups -OCH3 is 1. The third-order valence-electron chi connectivity index (χ3n) is 6.65. The van der Waals surface area contributed by atoms with Gasteiger partial charge in [-0.1, -0.05) is 18.1 Å². The summed E-state index contributed by atoms with van der Waals surface area (Å²) in [6, 6.07) is 0. The van der Waals surface area contributed by atoms with Crippen LogP contribution < -0.4 is 0 Å². The minimum atomic E-state index is -0.409. The van der Waals surface area contributed by atoms with Crippen LogP contribution in [-0.2, 0) is 14.3 Å². The van der Waals surface area contributed by atoms with E-state index in [4.69, 9.17) is 9.47 Å². The molecule has 1 aliphatic heterocycles. The van der Waals surface area contributed by atoms with Crippen LogP contribution in [0.4, 0.5) is 0 Å². The highest BCUT2D eigenvalue weighted by molar-refractivity contribution is 5.70. The Morgan fingerprint density at radius 3 is 2.76 bits per heavy atom. The van der Waals surface area contributed by atoms with Gasteiger partial charge in [-0.05, 0) is 62.5 Å². The molecule has 1 N–H and O–H groups in total. The molecule has 0 radical (unpaired) electrons. The van der Waals surface area contributed by atoms with Crippen LogP contribution in [0.15, 0.2) is 22.3 Å². The molecule has 0 aromatic heterocycles. The lowest BCUT2D eigenvalue weighted by molar-refractivity contribution is -0.142. The molecule has 2 bridgehead atoms. The number of allylic oxidation sites excluding steroid dienone is 2. The zero-order valence-corrected chi connectivity index (χ0v) is 16.2. The van der Waals surface area contributed by atoms with Crippen molar-refractivity contribution in [2.75, 3.05) is 13.7 Å². The highest BCUT2D eigenvalue weighted by Crippen LogP contribution is 2.60. The van der Waals surface area contributed by atoms with Crippen molar-refractivity contribution in [3.63, 3.8) is 0 Å². The highest BCUT2D eigenvalue weighted by Gasteiger charge is 2.52. The topological polar surface area (TPSA) is 55.8 Å². The van der Waals surface area contributed by atoms with Crippen molar-refractivity contribution < 1.29 is 19.4 Å². The molecule has 1 saturated carbocycles. The summed E-state index contributed by atoms with van der Waals surface area (Å²) in [4.78, 5) is 12.1. The summed E-state index contributed by atoms with van der Waals surface area (Å²) >= 11 is 0. The molecule has 0 saturated heterocycles. The first-order valence-electron chi connectivity index (χ1n) is 9.52. The lowest BCUT2D eigenvalue weighted by Crippen LogP contribution is -2.43. The molecule has 0 aromatic carbocycles. The predicted octanol–water partition coefficient (Wildman–Crippen LogP) is 3.79. The average Bonchev–Trinajstić information content (AvgIpc) is 2.93. The Kier molecular flexibility index (Phi) is 5.13. The van der Waals surface area contributed by atoms with Gasteiger partial charge in [-0.15, -0.1) is 0 Å². The Morgan fingerprint density at radius 1 is 1.44 bits per heavy atom. The second-order valence-electron chi connectivity index (χ2n) is 8.63. The number of carbonyl (C=O) groups is 1. The summed E-state index contributed by atoms with van der Waals surface area (Å²) in [5, 5.41) is 9.92. The van der Waals surface area contributed by atoms with Gasteiger partial charge >= 0.3 is 5.97 Å². The zero-order chi connectivity index (χ0) is 18.4. The second-order valence-corrected chi connectivity index (χ2v) is 8.63. The molecule has 25 heavy (non-hydrogen) atoms. The fourth-order valence-electron chi connectivity index (χ4n) is 5.34. The van der Waals surface area contributed by atoms with Crippen molar-refractivity contribution in [3.8, 4) is 0 Å². The molecule has 3 rings (SSSR count). The van der Waals surface area contributed by atoms with Gasteiger partial charge in [-0.2, -0.15) is 0 Å². The van der Waals surface area contributed by atoms with Crippen LogP contribution in [0.2, 0.25) is 0 Å². The van der Waals surface area contributed by atoms with E-state index in [1.807, 2.05) is 6.92 Å². The first-order chi connectivity index (χ1) is 11.8. The van der Waals surface area contributed by atoms with Crippen molar-refractivity contribution in [1.29, 1.82) is 0 Å². The van der Waals surface area contributed by atoms with Crippen LogP contribution in [0.25, 0.3) is 0 Å². The first kappa shape index (κ1) is 18.7. The van der Waals surface area contributed by atoms with Gasteiger partial charge in [0.05, 0.1) is 32.3 Å². The number of rotatable bonds is 4. The normalized spacial score (nSPS) is 35.4. The van der Waals surface area contributed by atoms with Crippen molar-refractivity contribution in [2.24, 2.45) is 17.3 Å². The molecule has 0 amide bonds.